The van der Waals surface area contributed by atoms with Gasteiger partial charge in [0.2, 0.25) is 0 Å². The number of halogens is 3. The Hall–Kier alpha value is -0.496. The first-order chi connectivity index (χ1) is 10.1. The van der Waals surface area contributed by atoms with Crippen molar-refractivity contribution in [1.82, 2.24) is 0 Å². The summed E-state index contributed by atoms with van der Waals surface area (Å²) in [5, 5.41) is 0. The third-order valence-corrected chi connectivity index (χ3v) is 5.18. The molecule has 0 spiro atoms. The van der Waals surface area contributed by atoms with Gasteiger partial charge in [-0.1, -0.05) is 0 Å². The number of hydrogen-bond acceptors (Lipinski definition) is 0. The molecule has 1 aliphatic carbocycles. The van der Waals surface area contributed by atoms with Crippen molar-refractivity contribution in [1.29, 1.82) is 0 Å². The van der Waals surface area contributed by atoms with Gasteiger partial charge in [-0.2, -0.15) is 0 Å². The fourth-order valence-corrected chi connectivity index (χ4v) is 4.38. The van der Waals surface area contributed by atoms with E-state index >= 15 is 0 Å². The summed E-state index contributed by atoms with van der Waals surface area (Å²) in [6.45, 7) is 4.42. The van der Waals surface area contributed by atoms with E-state index < -0.39 is 0 Å². The van der Waals surface area contributed by atoms with Crippen molar-refractivity contribution in [3.63, 3.8) is 0 Å². The normalized spacial score (nSPS) is 14.7. The summed E-state index contributed by atoms with van der Waals surface area (Å²) in [5.74, 6) is 0.354. The molecule has 0 amide bonds. The molecule has 1 aliphatic rings. The molecule has 0 bridgehead atoms. The van der Waals surface area contributed by atoms with Crippen LogP contribution in [0.25, 0.3) is 0 Å². The SMILES string of the molecule is CC1=C[C]([Ti+3])(C(c2ccccc2)c2ccccc2)C=C1C.[Cl-].[Cl-].[Cl-]. The van der Waals surface area contributed by atoms with Gasteiger partial charge in [0.25, 0.3) is 0 Å². The molecular formula is C20H19Cl3Ti. The maximum absolute atomic E-state index is 2.42. The van der Waals surface area contributed by atoms with Crippen molar-refractivity contribution in [3.8, 4) is 0 Å². The number of hydrogen-bond donors (Lipinski definition) is 0. The molecule has 0 radical (unpaired) electrons. The molecule has 24 heavy (non-hydrogen) atoms. The molecule has 0 N–H and O–H groups in total. The van der Waals surface area contributed by atoms with Gasteiger partial charge in [-0.05, 0) is 0 Å². The first kappa shape index (κ1) is 23.5. The minimum absolute atomic E-state index is 0. The van der Waals surface area contributed by atoms with Crippen molar-refractivity contribution >= 4 is 0 Å². The van der Waals surface area contributed by atoms with Crippen molar-refractivity contribution in [2.24, 2.45) is 0 Å². The minimum atomic E-state index is 0. The number of allylic oxidation sites excluding steroid dienone is 4. The summed E-state index contributed by atoms with van der Waals surface area (Å²) < 4.78 is 0.0386. The van der Waals surface area contributed by atoms with Crippen LogP contribution in [-0.4, -0.2) is 0 Å². The summed E-state index contributed by atoms with van der Waals surface area (Å²) >= 11 is 2.34. The molecule has 2 aromatic carbocycles. The largest absolute Gasteiger partial charge is 1.00 e. The molecule has 4 heteroatoms. The van der Waals surface area contributed by atoms with E-state index in [4.69, 9.17) is 0 Å². The van der Waals surface area contributed by atoms with Gasteiger partial charge in [0.05, 0.1) is 0 Å². The van der Waals surface area contributed by atoms with E-state index in [0.29, 0.717) is 5.92 Å². The Morgan fingerprint density at radius 3 is 1.33 bits per heavy atom. The van der Waals surface area contributed by atoms with Crippen molar-refractivity contribution < 1.29 is 57.7 Å². The molecule has 3 rings (SSSR count). The minimum Gasteiger partial charge on any atom is -1.00 e. The van der Waals surface area contributed by atoms with Crippen LogP contribution in [0.4, 0.5) is 0 Å². The fourth-order valence-electron chi connectivity index (χ4n) is 3.19. The van der Waals surface area contributed by atoms with Crippen LogP contribution in [0.2, 0.25) is 3.72 Å². The third kappa shape index (κ3) is 4.78. The zero-order valence-electron chi connectivity index (χ0n) is 13.6. The molecular weight excluding hydrogens is 394 g/mol. The van der Waals surface area contributed by atoms with Crippen molar-refractivity contribution in [2.45, 2.75) is 23.5 Å². The molecule has 0 aromatic heterocycles. The van der Waals surface area contributed by atoms with Gasteiger partial charge in [-0.15, -0.1) is 0 Å². The predicted molar refractivity (Wildman–Crippen MR) is 84.9 cm³/mol. The van der Waals surface area contributed by atoms with Crippen molar-refractivity contribution in [2.75, 3.05) is 0 Å². The van der Waals surface area contributed by atoms with Crippen molar-refractivity contribution in [3.05, 3.63) is 95.1 Å². The van der Waals surface area contributed by atoms with E-state index in [1.54, 1.807) is 0 Å². The van der Waals surface area contributed by atoms with Crippen LogP contribution in [0.15, 0.2) is 84.0 Å². The van der Waals surface area contributed by atoms with Crippen LogP contribution in [-0.2, 0) is 20.4 Å². The van der Waals surface area contributed by atoms with Gasteiger partial charge in [0.1, 0.15) is 0 Å². The Balaban J connectivity index is 0.00000176. The summed E-state index contributed by atoms with van der Waals surface area (Å²) in [4.78, 5) is 0. The summed E-state index contributed by atoms with van der Waals surface area (Å²) in [7, 11) is 0. The molecule has 124 valence electrons. The van der Waals surface area contributed by atoms with Gasteiger partial charge in [-0.3, -0.25) is 0 Å². The molecule has 0 heterocycles. The molecule has 0 saturated heterocycles. The van der Waals surface area contributed by atoms with E-state index in [9.17, 15) is 0 Å². The van der Waals surface area contributed by atoms with E-state index in [1.165, 1.54) is 22.3 Å². The molecule has 0 saturated carbocycles. The topological polar surface area (TPSA) is 0 Å². The Bertz CT molecular complexity index is 636. The second-order valence-corrected chi connectivity index (χ2v) is 7.19. The van der Waals surface area contributed by atoms with Gasteiger partial charge < -0.3 is 37.2 Å². The van der Waals surface area contributed by atoms with Gasteiger partial charge in [-0.25, -0.2) is 0 Å². The van der Waals surface area contributed by atoms with E-state index in [-0.39, 0.29) is 40.9 Å². The monoisotopic (exact) mass is 412 g/mol. The van der Waals surface area contributed by atoms with Crippen LogP contribution in [0.1, 0.15) is 30.9 Å². The molecule has 0 unspecified atom stereocenters. The van der Waals surface area contributed by atoms with E-state index in [0.717, 1.165) is 0 Å². The maximum atomic E-state index is 2.42. The van der Waals surface area contributed by atoms with Crippen LogP contribution in [0.3, 0.4) is 0 Å². The molecule has 0 atom stereocenters. The van der Waals surface area contributed by atoms with E-state index in [1.807, 2.05) is 0 Å². The Labute approximate surface area is 175 Å². The summed E-state index contributed by atoms with van der Waals surface area (Å²) in [6, 6.07) is 21.7. The Morgan fingerprint density at radius 2 is 1.00 bits per heavy atom. The average Bonchev–Trinajstić information content (AvgIpc) is 2.75. The smallest absolute Gasteiger partial charge is 1.00 e. The van der Waals surface area contributed by atoms with Gasteiger partial charge in [0.15, 0.2) is 0 Å². The fraction of sp³-hybridized carbons (Fsp3) is 0.200. The summed E-state index contributed by atoms with van der Waals surface area (Å²) in [6.07, 6.45) is 4.85. The second kappa shape index (κ2) is 9.85. The van der Waals surface area contributed by atoms with E-state index in [2.05, 4.69) is 107 Å². The predicted octanol–water partition coefficient (Wildman–Crippen LogP) is -3.56. The van der Waals surface area contributed by atoms with Crippen LogP contribution in [0, 0.1) is 0 Å². The molecule has 0 nitrogen and oxygen atoms in total. The summed E-state index contributed by atoms with van der Waals surface area (Å²) in [5.41, 5.74) is 5.55. The molecule has 2 aromatic rings. The van der Waals surface area contributed by atoms with Gasteiger partial charge in [0, 0.05) is 0 Å². The standard InChI is InChI=1S/C20H19.3ClH.Ti/c1-15-13-19(14-16(15)2)20(17-9-5-3-6-10-17)18-11-7-4-8-12-18;;;;/h3-14,20H,1-2H3;3*1H;/q;;;;+3/p-3. The first-order valence-electron chi connectivity index (χ1n) is 7.34. The maximum Gasteiger partial charge on any atom is -1.00 e. The first-order valence-corrected chi connectivity index (χ1v) is 8.12. The molecule has 0 fully saturated rings. The van der Waals surface area contributed by atoms with Gasteiger partial charge >= 0.3 is 139 Å². The Kier molecular flexibility index (Phi) is 9.65. The molecule has 0 aliphatic heterocycles. The quantitative estimate of drug-likeness (QED) is 0.457. The Morgan fingerprint density at radius 1 is 0.667 bits per heavy atom. The number of rotatable bonds is 3. The average molecular weight is 414 g/mol. The zero-order valence-corrected chi connectivity index (χ0v) is 17.5. The van der Waals surface area contributed by atoms with Crippen LogP contribution in [0.5, 0.6) is 0 Å². The second-order valence-electron chi connectivity index (χ2n) is 5.84. The number of benzene rings is 2. The third-order valence-electron chi connectivity index (χ3n) is 4.28. The van der Waals surface area contributed by atoms with Crippen LogP contribution >= 0.6 is 0 Å². The van der Waals surface area contributed by atoms with Crippen LogP contribution < -0.4 is 37.2 Å². The zero-order chi connectivity index (χ0) is 14.9.